The van der Waals surface area contributed by atoms with Crippen LogP contribution in [0, 0.1) is 20.2 Å². The molecular formula is C16H12N4O5. The Labute approximate surface area is 141 Å². The fourth-order valence-corrected chi connectivity index (χ4v) is 2.25. The van der Waals surface area contributed by atoms with E-state index in [9.17, 15) is 20.2 Å². The molecule has 9 nitrogen and oxygen atoms in total. The minimum absolute atomic E-state index is 0.167. The Hall–Kier alpha value is -3.75. The molecule has 0 aliphatic rings. The number of nitrogens with one attached hydrogen (secondary N) is 1. The molecule has 3 rings (SSSR count). The molecule has 1 heterocycles. The number of nitrogens with zero attached hydrogens (tertiary/aromatic N) is 3. The molecule has 126 valence electrons. The van der Waals surface area contributed by atoms with E-state index in [-0.39, 0.29) is 23.6 Å². The molecule has 0 amide bonds. The molecule has 0 bridgehead atoms. The first kappa shape index (κ1) is 16.1. The third kappa shape index (κ3) is 3.61. The molecule has 0 atom stereocenters. The van der Waals surface area contributed by atoms with Crippen LogP contribution in [0.4, 0.5) is 17.1 Å². The average molecular weight is 340 g/mol. The molecule has 1 aromatic heterocycles. The third-order valence-electron chi connectivity index (χ3n) is 3.47. The van der Waals surface area contributed by atoms with Gasteiger partial charge in [-0.25, -0.2) is 0 Å². The number of nitro benzene ring substituents is 2. The summed E-state index contributed by atoms with van der Waals surface area (Å²) in [5.74, 6) is 0.579. The van der Waals surface area contributed by atoms with Crippen LogP contribution in [0.25, 0.3) is 11.3 Å². The summed E-state index contributed by atoms with van der Waals surface area (Å²) in [6.45, 7) is 0.176. The number of anilines is 1. The van der Waals surface area contributed by atoms with Crippen LogP contribution in [0.5, 0.6) is 0 Å². The van der Waals surface area contributed by atoms with E-state index in [1.807, 2.05) is 30.3 Å². The van der Waals surface area contributed by atoms with Gasteiger partial charge in [-0.3, -0.25) is 20.2 Å². The quantitative estimate of drug-likeness (QED) is 0.535. The van der Waals surface area contributed by atoms with Gasteiger partial charge in [-0.15, -0.1) is 0 Å². The largest absolute Gasteiger partial charge is 0.374 e. The molecule has 0 aliphatic carbocycles. The molecule has 25 heavy (non-hydrogen) atoms. The van der Waals surface area contributed by atoms with E-state index in [0.29, 0.717) is 11.5 Å². The third-order valence-corrected chi connectivity index (χ3v) is 3.47. The normalized spacial score (nSPS) is 10.4. The van der Waals surface area contributed by atoms with E-state index in [1.165, 1.54) is 12.1 Å². The SMILES string of the molecule is O=[N+]([O-])c1ccc(NCc2cc(-c3ccccc3)on2)c([N+](=O)[O-])c1. The van der Waals surface area contributed by atoms with Crippen LogP contribution in [-0.4, -0.2) is 15.0 Å². The summed E-state index contributed by atoms with van der Waals surface area (Å²) in [5.41, 5.74) is 0.861. The lowest BCUT2D eigenvalue weighted by molar-refractivity contribution is -0.393. The Balaban J connectivity index is 1.77. The predicted molar refractivity (Wildman–Crippen MR) is 89.0 cm³/mol. The number of non-ortho nitro benzene ring substituents is 1. The molecule has 2 aromatic carbocycles. The number of aromatic nitrogens is 1. The van der Waals surface area contributed by atoms with Crippen LogP contribution < -0.4 is 5.32 Å². The summed E-state index contributed by atoms with van der Waals surface area (Å²) in [7, 11) is 0. The Morgan fingerprint density at radius 3 is 2.44 bits per heavy atom. The molecule has 9 heteroatoms. The van der Waals surface area contributed by atoms with Crippen molar-refractivity contribution in [2.24, 2.45) is 0 Å². The van der Waals surface area contributed by atoms with Crippen LogP contribution in [0.2, 0.25) is 0 Å². The standard InChI is InChI=1S/C16H12N4O5/c21-19(22)13-6-7-14(15(9-13)20(23)24)17-10-12-8-16(25-18-12)11-4-2-1-3-5-11/h1-9,17H,10H2. The first-order valence-electron chi connectivity index (χ1n) is 7.22. The number of rotatable bonds is 6. The maximum Gasteiger partial charge on any atom is 0.299 e. The van der Waals surface area contributed by atoms with Crippen molar-refractivity contribution < 1.29 is 14.4 Å². The van der Waals surface area contributed by atoms with Gasteiger partial charge in [0.2, 0.25) is 0 Å². The van der Waals surface area contributed by atoms with Gasteiger partial charge in [0.05, 0.1) is 22.5 Å². The van der Waals surface area contributed by atoms with Gasteiger partial charge in [0.25, 0.3) is 11.4 Å². The van der Waals surface area contributed by atoms with Gasteiger partial charge in [-0.2, -0.15) is 0 Å². The van der Waals surface area contributed by atoms with Gasteiger partial charge in [0.15, 0.2) is 5.76 Å². The van der Waals surface area contributed by atoms with Gasteiger partial charge >= 0.3 is 0 Å². The molecule has 0 unspecified atom stereocenters. The summed E-state index contributed by atoms with van der Waals surface area (Å²) >= 11 is 0. The van der Waals surface area contributed by atoms with E-state index in [1.54, 1.807) is 6.07 Å². The molecule has 0 spiro atoms. The topological polar surface area (TPSA) is 124 Å². The Morgan fingerprint density at radius 2 is 1.76 bits per heavy atom. The summed E-state index contributed by atoms with van der Waals surface area (Å²) in [6, 6.07) is 14.5. The second-order valence-corrected chi connectivity index (χ2v) is 5.12. The van der Waals surface area contributed by atoms with Gasteiger partial charge in [0.1, 0.15) is 11.4 Å². The van der Waals surface area contributed by atoms with Gasteiger partial charge in [-0.05, 0) is 6.07 Å². The second-order valence-electron chi connectivity index (χ2n) is 5.12. The van der Waals surface area contributed by atoms with Crippen molar-refractivity contribution in [3.8, 4) is 11.3 Å². The zero-order valence-electron chi connectivity index (χ0n) is 12.8. The van der Waals surface area contributed by atoms with Crippen LogP contribution in [0.15, 0.2) is 59.1 Å². The second kappa shape index (κ2) is 6.79. The van der Waals surface area contributed by atoms with Crippen molar-refractivity contribution in [2.45, 2.75) is 6.54 Å². The highest BCUT2D eigenvalue weighted by atomic mass is 16.6. The lowest BCUT2D eigenvalue weighted by Gasteiger charge is -2.04. The number of nitro groups is 2. The first-order chi connectivity index (χ1) is 12.0. The van der Waals surface area contributed by atoms with Crippen LogP contribution in [0.3, 0.4) is 0 Å². The highest BCUT2D eigenvalue weighted by molar-refractivity contribution is 5.65. The zero-order valence-corrected chi connectivity index (χ0v) is 12.8. The van der Waals surface area contributed by atoms with Crippen LogP contribution in [-0.2, 0) is 6.54 Å². The van der Waals surface area contributed by atoms with Crippen molar-refractivity contribution >= 4 is 17.1 Å². The molecule has 0 saturated heterocycles. The monoisotopic (exact) mass is 340 g/mol. The highest BCUT2D eigenvalue weighted by Gasteiger charge is 2.19. The van der Waals surface area contributed by atoms with E-state index in [0.717, 1.165) is 11.6 Å². The van der Waals surface area contributed by atoms with Crippen molar-refractivity contribution in [2.75, 3.05) is 5.32 Å². The zero-order chi connectivity index (χ0) is 17.8. The number of hydrogen-bond donors (Lipinski definition) is 1. The Morgan fingerprint density at radius 1 is 1.00 bits per heavy atom. The minimum Gasteiger partial charge on any atom is -0.374 e. The molecule has 3 aromatic rings. The summed E-state index contributed by atoms with van der Waals surface area (Å²) in [4.78, 5) is 20.5. The Bertz CT molecular complexity index is 923. The molecular weight excluding hydrogens is 328 g/mol. The molecule has 1 N–H and O–H groups in total. The molecule has 0 radical (unpaired) electrons. The maximum atomic E-state index is 11.1. The minimum atomic E-state index is -0.680. The predicted octanol–water partition coefficient (Wildman–Crippen LogP) is 3.77. The lowest BCUT2D eigenvalue weighted by atomic mass is 10.1. The summed E-state index contributed by atoms with van der Waals surface area (Å²) < 4.78 is 5.25. The van der Waals surface area contributed by atoms with Crippen molar-refractivity contribution in [3.63, 3.8) is 0 Å². The molecule has 0 aliphatic heterocycles. The van der Waals surface area contributed by atoms with E-state index < -0.39 is 9.85 Å². The number of hydrogen-bond acceptors (Lipinski definition) is 7. The van der Waals surface area contributed by atoms with Crippen LogP contribution >= 0.6 is 0 Å². The fraction of sp³-hybridized carbons (Fsp3) is 0.0625. The first-order valence-corrected chi connectivity index (χ1v) is 7.22. The smallest absolute Gasteiger partial charge is 0.299 e. The lowest BCUT2D eigenvalue weighted by Crippen LogP contribution is -2.03. The van der Waals surface area contributed by atoms with Crippen LogP contribution in [0.1, 0.15) is 5.69 Å². The van der Waals surface area contributed by atoms with E-state index in [2.05, 4.69) is 10.5 Å². The van der Waals surface area contributed by atoms with Gasteiger partial charge in [-0.1, -0.05) is 35.5 Å². The highest BCUT2D eigenvalue weighted by Crippen LogP contribution is 2.29. The van der Waals surface area contributed by atoms with Gasteiger partial charge < -0.3 is 9.84 Å². The van der Waals surface area contributed by atoms with Gasteiger partial charge in [0, 0.05) is 17.7 Å². The summed E-state index contributed by atoms with van der Waals surface area (Å²) in [6.07, 6.45) is 0. The molecule has 0 saturated carbocycles. The Kier molecular flexibility index (Phi) is 4.38. The van der Waals surface area contributed by atoms with Crippen molar-refractivity contribution in [1.82, 2.24) is 5.16 Å². The fourth-order valence-electron chi connectivity index (χ4n) is 2.25. The van der Waals surface area contributed by atoms with Crippen molar-refractivity contribution in [1.29, 1.82) is 0 Å². The van der Waals surface area contributed by atoms with E-state index in [4.69, 9.17) is 4.52 Å². The maximum absolute atomic E-state index is 11.1. The van der Waals surface area contributed by atoms with Crippen molar-refractivity contribution in [3.05, 3.63) is 80.5 Å². The average Bonchev–Trinajstić information content (AvgIpc) is 3.09. The van der Waals surface area contributed by atoms with E-state index >= 15 is 0 Å². The summed E-state index contributed by atoms with van der Waals surface area (Å²) in [5, 5.41) is 28.6. The molecule has 0 fully saturated rings. The number of benzene rings is 2.